The van der Waals surface area contributed by atoms with Gasteiger partial charge in [-0.1, -0.05) is 23.7 Å². The summed E-state index contributed by atoms with van der Waals surface area (Å²) in [5, 5.41) is 0.622. The molecule has 1 aliphatic carbocycles. The molecule has 0 bridgehead atoms. The first kappa shape index (κ1) is 20.8. The third-order valence-corrected chi connectivity index (χ3v) is 6.66. The Kier molecular flexibility index (Phi) is 4.80. The van der Waals surface area contributed by atoms with Crippen molar-refractivity contribution in [2.75, 3.05) is 12.3 Å². The summed E-state index contributed by atoms with van der Waals surface area (Å²) in [4.78, 5) is 24.9. The molecule has 1 saturated carbocycles. The van der Waals surface area contributed by atoms with Crippen LogP contribution in [0, 0.1) is 5.92 Å². The highest BCUT2D eigenvalue weighted by Crippen LogP contribution is 2.52. The monoisotopic (exact) mass is 471 g/mol. The Morgan fingerprint density at radius 3 is 2.79 bits per heavy atom. The van der Waals surface area contributed by atoms with Gasteiger partial charge >= 0.3 is 5.97 Å². The highest BCUT2D eigenvalue weighted by Gasteiger charge is 2.63. The molecule has 4 heterocycles. The number of hydrogen-bond donors (Lipinski definition) is 1. The Bertz CT molecular complexity index is 1220. The average molecular weight is 472 g/mol. The van der Waals surface area contributed by atoms with Crippen molar-refractivity contribution in [3.05, 3.63) is 47.5 Å². The van der Waals surface area contributed by atoms with Crippen LogP contribution >= 0.6 is 11.6 Å². The maximum atomic E-state index is 12.2. The lowest BCUT2D eigenvalue weighted by Gasteiger charge is -2.28. The largest absolute Gasteiger partial charge is 0.463 e. The Labute approximate surface area is 194 Å². The number of ether oxygens (including phenoxy) is 4. The minimum atomic E-state index is -0.922. The van der Waals surface area contributed by atoms with Crippen LogP contribution in [0.5, 0.6) is 0 Å². The molecule has 10 nitrogen and oxygen atoms in total. The van der Waals surface area contributed by atoms with Crippen LogP contribution in [0.1, 0.15) is 37.8 Å². The van der Waals surface area contributed by atoms with Gasteiger partial charge in [0.1, 0.15) is 36.3 Å². The number of fused-ring (bicyclic) bond motifs is 2. The molecule has 3 aromatic rings. The van der Waals surface area contributed by atoms with Crippen LogP contribution in [-0.4, -0.2) is 49.9 Å². The van der Waals surface area contributed by atoms with Gasteiger partial charge in [-0.3, -0.25) is 9.36 Å². The lowest BCUT2D eigenvalue weighted by Crippen LogP contribution is -2.42. The molecule has 0 radical (unpaired) electrons. The normalized spacial score (nSPS) is 31.1. The number of carbonyl (C=O) groups is 1. The Morgan fingerprint density at radius 1 is 1.24 bits per heavy atom. The van der Waals surface area contributed by atoms with E-state index in [1.54, 1.807) is 23.0 Å². The van der Waals surface area contributed by atoms with E-state index in [9.17, 15) is 4.79 Å². The molecule has 0 amide bonds. The number of halogens is 1. The van der Waals surface area contributed by atoms with E-state index in [1.807, 2.05) is 19.1 Å². The molecule has 11 heteroatoms. The van der Waals surface area contributed by atoms with Gasteiger partial charge in [0.2, 0.25) is 0 Å². The summed E-state index contributed by atoms with van der Waals surface area (Å²) in [7, 11) is 0. The second-order valence-electron chi connectivity index (χ2n) is 8.76. The molecule has 3 fully saturated rings. The van der Waals surface area contributed by atoms with E-state index >= 15 is 0 Å². The zero-order valence-corrected chi connectivity index (χ0v) is 18.5. The molecule has 1 aromatic carbocycles. The number of esters is 1. The molecule has 2 saturated heterocycles. The lowest BCUT2D eigenvalue weighted by molar-refractivity contribution is -0.179. The van der Waals surface area contributed by atoms with Gasteiger partial charge in [0.05, 0.1) is 12.2 Å². The van der Waals surface area contributed by atoms with Gasteiger partial charge in [-0.2, -0.15) is 0 Å². The number of aromatic nitrogens is 4. The van der Waals surface area contributed by atoms with Gasteiger partial charge in [-0.15, -0.1) is 0 Å². The zero-order valence-electron chi connectivity index (χ0n) is 17.8. The minimum Gasteiger partial charge on any atom is -0.463 e. The van der Waals surface area contributed by atoms with Crippen LogP contribution in [0.3, 0.4) is 0 Å². The summed E-state index contributed by atoms with van der Waals surface area (Å²) in [6.45, 7) is 1.98. The van der Waals surface area contributed by atoms with Crippen LogP contribution < -0.4 is 5.73 Å². The van der Waals surface area contributed by atoms with E-state index in [1.165, 1.54) is 6.33 Å². The van der Waals surface area contributed by atoms with Crippen LogP contribution in [0.15, 0.2) is 36.9 Å². The molecule has 2 aromatic heterocycles. The fourth-order valence-corrected chi connectivity index (χ4v) is 4.62. The van der Waals surface area contributed by atoms with Crippen molar-refractivity contribution in [1.82, 2.24) is 19.5 Å². The van der Waals surface area contributed by atoms with Crippen LogP contribution in [0.4, 0.5) is 5.82 Å². The Balaban J connectivity index is 1.34. The highest BCUT2D eigenvalue weighted by molar-refractivity contribution is 6.30. The number of rotatable bonds is 5. The number of nitrogen functional groups attached to an aromatic ring is 1. The number of benzene rings is 1. The van der Waals surface area contributed by atoms with Crippen molar-refractivity contribution >= 4 is 34.6 Å². The van der Waals surface area contributed by atoms with Crippen molar-refractivity contribution in [2.45, 2.75) is 50.1 Å². The molecule has 6 rings (SSSR count). The van der Waals surface area contributed by atoms with Crippen molar-refractivity contribution in [1.29, 1.82) is 0 Å². The summed E-state index contributed by atoms with van der Waals surface area (Å²) in [6, 6.07) is 7.28. The standard InChI is InChI=1S/C22H22ClN5O5/c1-22-16(32-20(33-22)12-4-6-13(23)7-5-12)14(8-30-19(29)11-2-3-11)31-21(22)28-10-27-15-17(24)25-9-26-18(15)28/h4-7,9-11,14,16,20-21H,2-3,8H2,1H3,(H2,24,25,26)/t14-,16-,20?,21-,22-/m1/s1. The van der Waals surface area contributed by atoms with Gasteiger partial charge in [-0.25, -0.2) is 15.0 Å². The number of hydrogen-bond acceptors (Lipinski definition) is 9. The first-order chi connectivity index (χ1) is 15.9. The summed E-state index contributed by atoms with van der Waals surface area (Å²) in [5.41, 5.74) is 6.86. The topological polar surface area (TPSA) is 124 Å². The molecule has 2 N–H and O–H groups in total. The molecule has 1 unspecified atom stereocenters. The maximum absolute atomic E-state index is 12.2. The quantitative estimate of drug-likeness (QED) is 0.559. The third-order valence-electron chi connectivity index (χ3n) is 6.41. The van der Waals surface area contributed by atoms with Crippen LogP contribution in [0.2, 0.25) is 5.02 Å². The fraction of sp³-hybridized carbons (Fsp3) is 0.455. The van der Waals surface area contributed by atoms with Crippen molar-refractivity contribution in [3.8, 4) is 0 Å². The van der Waals surface area contributed by atoms with E-state index in [-0.39, 0.29) is 24.3 Å². The second-order valence-corrected chi connectivity index (χ2v) is 9.19. The molecule has 3 aliphatic rings. The average Bonchev–Trinajstić information content (AvgIpc) is 3.39. The number of carbonyl (C=O) groups excluding carboxylic acids is 1. The third kappa shape index (κ3) is 3.45. The summed E-state index contributed by atoms with van der Waals surface area (Å²) in [6.07, 6.45) is 2.37. The van der Waals surface area contributed by atoms with E-state index in [0.717, 1.165) is 18.4 Å². The summed E-state index contributed by atoms with van der Waals surface area (Å²) < 4.78 is 26.4. The van der Waals surface area contributed by atoms with Crippen LogP contribution in [0.25, 0.3) is 11.2 Å². The molecule has 5 atom stereocenters. The molecular formula is C22H22ClN5O5. The number of imidazole rings is 1. The maximum Gasteiger partial charge on any atom is 0.309 e. The Morgan fingerprint density at radius 2 is 2.03 bits per heavy atom. The molecule has 2 aliphatic heterocycles. The van der Waals surface area contributed by atoms with Gasteiger partial charge < -0.3 is 24.7 Å². The number of anilines is 1. The SMILES string of the molecule is C[C@@]12OC(c3ccc(Cl)cc3)O[C@@H]1[C@@H](COC(=O)C1CC1)O[C@H]2n1cnc2c(N)ncnc21. The first-order valence-electron chi connectivity index (χ1n) is 10.8. The highest BCUT2D eigenvalue weighted by atomic mass is 35.5. The number of nitrogens with zero attached hydrogens (tertiary/aromatic N) is 4. The number of nitrogens with two attached hydrogens (primary N) is 1. The predicted molar refractivity (Wildman–Crippen MR) is 116 cm³/mol. The smallest absolute Gasteiger partial charge is 0.309 e. The van der Waals surface area contributed by atoms with E-state index in [4.69, 9.17) is 36.3 Å². The molecule has 33 heavy (non-hydrogen) atoms. The first-order valence-corrected chi connectivity index (χ1v) is 11.2. The van der Waals surface area contributed by atoms with Crippen molar-refractivity contribution < 1.29 is 23.7 Å². The predicted octanol–water partition coefficient (Wildman–Crippen LogP) is 2.79. The summed E-state index contributed by atoms with van der Waals surface area (Å²) in [5.74, 6) is 0.0647. The fourth-order valence-electron chi connectivity index (χ4n) is 4.50. The van der Waals surface area contributed by atoms with E-state index in [2.05, 4.69) is 15.0 Å². The van der Waals surface area contributed by atoms with Crippen molar-refractivity contribution in [3.63, 3.8) is 0 Å². The molecule has 172 valence electrons. The van der Waals surface area contributed by atoms with Crippen LogP contribution in [-0.2, 0) is 23.7 Å². The summed E-state index contributed by atoms with van der Waals surface area (Å²) >= 11 is 6.04. The van der Waals surface area contributed by atoms with Crippen molar-refractivity contribution in [2.24, 2.45) is 5.92 Å². The van der Waals surface area contributed by atoms with Gasteiger partial charge in [0.25, 0.3) is 0 Å². The van der Waals surface area contributed by atoms with Gasteiger partial charge in [0, 0.05) is 10.6 Å². The second kappa shape index (κ2) is 7.63. The van der Waals surface area contributed by atoms with E-state index in [0.29, 0.717) is 16.2 Å². The van der Waals surface area contributed by atoms with Gasteiger partial charge in [0.15, 0.2) is 24.0 Å². The lowest BCUT2D eigenvalue weighted by atomic mass is 9.96. The minimum absolute atomic E-state index is 0.00610. The molecular weight excluding hydrogens is 450 g/mol. The van der Waals surface area contributed by atoms with E-state index < -0.39 is 30.3 Å². The zero-order chi connectivity index (χ0) is 22.7. The molecule has 0 spiro atoms. The Hall–Kier alpha value is -2.79. The van der Waals surface area contributed by atoms with Gasteiger partial charge in [-0.05, 0) is 31.9 Å².